The number of carbonyl (C=O) groups excluding carboxylic acids is 1. The van der Waals surface area contributed by atoms with E-state index in [0.717, 1.165) is 23.4 Å². The van der Waals surface area contributed by atoms with Crippen molar-refractivity contribution in [1.82, 2.24) is 4.98 Å². The van der Waals surface area contributed by atoms with Crippen molar-refractivity contribution in [2.45, 2.75) is 26.4 Å². The number of ether oxygens (including phenoxy) is 1. The summed E-state index contributed by atoms with van der Waals surface area (Å²) in [6.45, 7) is 4.34. The number of aromatic nitrogens is 1. The van der Waals surface area contributed by atoms with Crippen LogP contribution in [-0.2, 0) is 0 Å². The number of para-hydroxylation sites is 2. The van der Waals surface area contributed by atoms with E-state index >= 15 is 0 Å². The molecule has 0 N–H and O–H groups in total. The van der Waals surface area contributed by atoms with Crippen LogP contribution in [-0.4, -0.2) is 23.5 Å². The summed E-state index contributed by atoms with van der Waals surface area (Å²) in [7, 11) is 0. The summed E-state index contributed by atoms with van der Waals surface area (Å²) in [5, 5.41) is 0. The highest BCUT2D eigenvalue weighted by Crippen LogP contribution is 2.35. The summed E-state index contributed by atoms with van der Waals surface area (Å²) >= 11 is 0. The van der Waals surface area contributed by atoms with Crippen molar-refractivity contribution in [1.29, 1.82) is 0 Å². The Bertz CT molecular complexity index is 933. The Morgan fingerprint density at radius 3 is 2.65 bits per heavy atom. The minimum absolute atomic E-state index is 0.0364. The van der Waals surface area contributed by atoms with E-state index in [0.29, 0.717) is 18.1 Å². The number of hydrogen-bond donors (Lipinski definition) is 0. The highest BCUT2D eigenvalue weighted by Gasteiger charge is 2.32. The summed E-state index contributed by atoms with van der Waals surface area (Å²) in [5.41, 5.74) is 2.20. The Kier molecular flexibility index (Phi) is 4.21. The average Bonchev–Trinajstić information content (AvgIpc) is 3.09. The van der Waals surface area contributed by atoms with E-state index in [9.17, 15) is 4.79 Å². The van der Waals surface area contributed by atoms with Crippen molar-refractivity contribution in [3.8, 4) is 17.2 Å². The molecule has 1 aromatic heterocycles. The number of aryl methyl sites for hydroxylation is 1. The Balaban J connectivity index is 1.71. The van der Waals surface area contributed by atoms with E-state index < -0.39 is 0 Å². The van der Waals surface area contributed by atoms with Crippen LogP contribution in [0.15, 0.2) is 59.0 Å². The van der Waals surface area contributed by atoms with Crippen LogP contribution in [0.4, 0.5) is 5.69 Å². The maximum atomic E-state index is 13.2. The maximum absolute atomic E-state index is 13.2. The summed E-state index contributed by atoms with van der Waals surface area (Å²) in [6.07, 6.45) is 0.786. The molecule has 0 bridgehead atoms. The van der Waals surface area contributed by atoms with Crippen LogP contribution in [0.3, 0.4) is 0 Å². The van der Waals surface area contributed by atoms with Gasteiger partial charge in [0.2, 0.25) is 11.7 Å². The Morgan fingerprint density at radius 1 is 1.15 bits per heavy atom. The SMILES string of the molecule is CC[C@@H]1CN(C(=O)c2oc(-c3ccccc3)nc2C)c2ccccc2O1. The molecule has 1 atom stereocenters. The van der Waals surface area contributed by atoms with Crippen molar-refractivity contribution in [2.24, 2.45) is 0 Å². The molecule has 0 saturated carbocycles. The molecule has 1 amide bonds. The van der Waals surface area contributed by atoms with Crippen molar-refractivity contribution < 1.29 is 13.9 Å². The molecule has 3 aromatic rings. The van der Waals surface area contributed by atoms with Gasteiger partial charge in [0.05, 0.1) is 17.9 Å². The minimum atomic E-state index is -0.189. The molecule has 0 fully saturated rings. The van der Waals surface area contributed by atoms with Crippen LogP contribution in [0.1, 0.15) is 29.6 Å². The monoisotopic (exact) mass is 348 g/mol. The van der Waals surface area contributed by atoms with Gasteiger partial charge in [-0.1, -0.05) is 37.3 Å². The van der Waals surface area contributed by atoms with Crippen LogP contribution in [0.25, 0.3) is 11.5 Å². The number of nitrogens with zero attached hydrogens (tertiary/aromatic N) is 2. The summed E-state index contributed by atoms with van der Waals surface area (Å²) in [4.78, 5) is 19.4. The molecule has 5 nitrogen and oxygen atoms in total. The van der Waals surface area contributed by atoms with Crippen molar-refractivity contribution in [2.75, 3.05) is 11.4 Å². The smallest absolute Gasteiger partial charge is 0.296 e. The Hall–Kier alpha value is -3.08. The molecule has 2 heterocycles. The number of oxazole rings is 1. The third-order valence-electron chi connectivity index (χ3n) is 4.55. The number of fused-ring (bicyclic) bond motifs is 1. The zero-order chi connectivity index (χ0) is 18.1. The van der Waals surface area contributed by atoms with Gasteiger partial charge < -0.3 is 9.15 Å². The predicted octanol–water partition coefficient (Wildman–Crippen LogP) is 4.47. The highest BCUT2D eigenvalue weighted by atomic mass is 16.5. The molecule has 4 rings (SSSR count). The van der Waals surface area contributed by atoms with Crippen molar-refractivity contribution >= 4 is 11.6 Å². The molecular formula is C21H20N2O3. The van der Waals surface area contributed by atoms with Gasteiger partial charge in [-0.25, -0.2) is 4.98 Å². The quantitative estimate of drug-likeness (QED) is 0.701. The van der Waals surface area contributed by atoms with Gasteiger partial charge in [-0.2, -0.15) is 0 Å². The third-order valence-corrected chi connectivity index (χ3v) is 4.55. The van der Waals surface area contributed by atoms with Crippen LogP contribution < -0.4 is 9.64 Å². The first-order chi connectivity index (χ1) is 12.7. The van der Waals surface area contributed by atoms with Crippen molar-refractivity contribution in [3.63, 3.8) is 0 Å². The van der Waals surface area contributed by atoms with Gasteiger partial charge in [0.15, 0.2) is 0 Å². The van der Waals surface area contributed by atoms with Gasteiger partial charge in [0, 0.05) is 5.56 Å². The Labute approximate surface area is 152 Å². The van der Waals surface area contributed by atoms with Crippen LogP contribution in [0.2, 0.25) is 0 Å². The van der Waals surface area contributed by atoms with Gasteiger partial charge in [-0.15, -0.1) is 0 Å². The maximum Gasteiger partial charge on any atom is 0.296 e. The van der Waals surface area contributed by atoms with Gasteiger partial charge in [-0.3, -0.25) is 9.69 Å². The zero-order valence-electron chi connectivity index (χ0n) is 14.8. The minimum Gasteiger partial charge on any atom is -0.486 e. The van der Waals surface area contributed by atoms with E-state index in [1.807, 2.05) is 54.6 Å². The molecule has 1 aliphatic rings. The van der Waals surface area contributed by atoms with Crippen LogP contribution in [0, 0.1) is 6.92 Å². The number of rotatable bonds is 3. The second kappa shape index (κ2) is 6.67. The summed E-state index contributed by atoms with van der Waals surface area (Å²) < 4.78 is 11.8. The number of benzene rings is 2. The van der Waals surface area contributed by atoms with Crippen LogP contribution in [0.5, 0.6) is 5.75 Å². The van der Waals surface area contributed by atoms with E-state index in [1.54, 1.807) is 11.8 Å². The molecule has 2 aromatic carbocycles. The van der Waals surface area contributed by atoms with Crippen molar-refractivity contribution in [3.05, 3.63) is 66.1 Å². The van der Waals surface area contributed by atoms with E-state index in [2.05, 4.69) is 11.9 Å². The van der Waals surface area contributed by atoms with E-state index in [4.69, 9.17) is 9.15 Å². The first-order valence-corrected chi connectivity index (χ1v) is 8.77. The zero-order valence-corrected chi connectivity index (χ0v) is 14.8. The molecule has 0 spiro atoms. The number of carbonyl (C=O) groups is 1. The van der Waals surface area contributed by atoms with Gasteiger partial charge in [0.1, 0.15) is 11.9 Å². The molecule has 1 aliphatic heterocycles. The lowest BCUT2D eigenvalue weighted by Gasteiger charge is -2.34. The van der Waals surface area contributed by atoms with Gasteiger partial charge >= 0.3 is 0 Å². The van der Waals surface area contributed by atoms with Gasteiger partial charge in [0.25, 0.3) is 5.91 Å². The lowest BCUT2D eigenvalue weighted by Crippen LogP contribution is -2.43. The molecule has 26 heavy (non-hydrogen) atoms. The summed E-state index contributed by atoms with van der Waals surface area (Å²) in [6, 6.07) is 17.2. The number of anilines is 1. The number of amides is 1. The normalized spacial score (nSPS) is 16.1. The second-order valence-corrected chi connectivity index (χ2v) is 6.33. The Morgan fingerprint density at radius 2 is 1.88 bits per heavy atom. The average molecular weight is 348 g/mol. The third kappa shape index (κ3) is 2.86. The van der Waals surface area contributed by atoms with Crippen LogP contribution >= 0.6 is 0 Å². The fourth-order valence-corrected chi connectivity index (χ4v) is 3.12. The fourth-order valence-electron chi connectivity index (χ4n) is 3.12. The van der Waals surface area contributed by atoms with E-state index in [1.165, 1.54) is 0 Å². The molecule has 0 unspecified atom stereocenters. The second-order valence-electron chi connectivity index (χ2n) is 6.33. The molecule has 0 aliphatic carbocycles. The van der Waals surface area contributed by atoms with E-state index in [-0.39, 0.29) is 17.8 Å². The largest absolute Gasteiger partial charge is 0.486 e. The lowest BCUT2D eigenvalue weighted by molar-refractivity contribution is 0.0928. The topological polar surface area (TPSA) is 55.6 Å². The highest BCUT2D eigenvalue weighted by molar-refractivity contribution is 6.06. The predicted molar refractivity (Wildman–Crippen MR) is 99.5 cm³/mol. The number of hydrogen-bond acceptors (Lipinski definition) is 4. The first-order valence-electron chi connectivity index (χ1n) is 8.77. The summed E-state index contributed by atoms with van der Waals surface area (Å²) in [5.74, 6) is 1.27. The molecular weight excluding hydrogens is 328 g/mol. The van der Waals surface area contributed by atoms with Gasteiger partial charge in [-0.05, 0) is 37.6 Å². The fraction of sp³-hybridized carbons (Fsp3) is 0.238. The molecule has 0 radical (unpaired) electrons. The first kappa shape index (κ1) is 16.4. The lowest BCUT2D eigenvalue weighted by atomic mass is 10.1. The standard InChI is InChI=1S/C21H20N2O3/c1-3-16-13-23(17-11-7-8-12-18(17)25-16)21(24)19-14(2)22-20(26-19)15-9-5-4-6-10-15/h4-12,16H,3,13H2,1-2H3/t16-/m1/s1. The molecule has 5 heteroatoms. The molecule has 132 valence electrons. The molecule has 0 saturated heterocycles.